The van der Waals surface area contributed by atoms with Crippen LogP contribution in [0.3, 0.4) is 0 Å². The fourth-order valence-electron chi connectivity index (χ4n) is 1.04. The Hall–Kier alpha value is -0.440. The largest absolute Gasteiger partial charge is 0.103 e. The van der Waals surface area contributed by atoms with Gasteiger partial charge < -0.3 is 0 Å². The Labute approximate surface area is 77.8 Å². The molecular weight excluding hydrogens is 144 g/mol. The van der Waals surface area contributed by atoms with E-state index in [2.05, 4.69) is 32.6 Å². The lowest BCUT2D eigenvalue weighted by molar-refractivity contribution is 0.562. The highest BCUT2D eigenvalue weighted by atomic mass is 14.0. The van der Waals surface area contributed by atoms with Gasteiger partial charge in [0.25, 0.3) is 0 Å². The Balaban J connectivity index is 3.10. The monoisotopic (exact) mass is 166 g/mol. The summed E-state index contributed by atoms with van der Waals surface area (Å²) in [6.07, 6.45) is 7.32. The van der Waals surface area contributed by atoms with Gasteiger partial charge in [-0.2, -0.15) is 0 Å². The maximum Gasteiger partial charge on any atom is 0.00887 e. The fourth-order valence-corrected chi connectivity index (χ4v) is 1.04. The molecule has 0 spiro atoms. The van der Waals surface area contributed by atoms with Crippen LogP contribution in [0.4, 0.5) is 0 Å². The van der Waals surface area contributed by atoms with Gasteiger partial charge in [0.15, 0.2) is 0 Å². The van der Waals surface area contributed by atoms with E-state index in [4.69, 9.17) is 0 Å². The molecule has 0 rings (SSSR count). The zero-order chi connectivity index (χ0) is 9.23. The normalized spacial score (nSPS) is 9.67. The molecule has 0 heterocycles. The van der Waals surface area contributed by atoms with Crippen molar-refractivity contribution < 1.29 is 0 Å². The molecule has 0 aliphatic rings. The van der Waals surface area contributed by atoms with Crippen LogP contribution >= 0.6 is 0 Å². The lowest BCUT2D eigenvalue weighted by Crippen LogP contribution is -1.85. The molecule has 0 unspecified atom stereocenters. The first-order chi connectivity index (χ1) is 5.77. The molecule has 0 N–H and O–H groups in total. The van der Waals surface area contributed by atoms with Crippen LogP contribution in [0.5, 0.6) is 0 Å². The molecular formula is C12H22. The van der Waals surface area contributed by atoms with E-state index in [9.17, 15) is 0 Å². The second-order valence-corrected chi connectivity index (χ2v) is 3.74. The van der Waals surface area contributed by atoms with Gasteiger partial charge in [-0.15, -0.1) is 11.8 Å². The highest BCUT2D eigenvalue weighted by molar-refractivity contribution is 4.98. The molecule has 0 radical (unpaired) electrons. The molecule has 0 aromatic carbocycles. The van der Waals surface area contributed by atoms with Crippen LogP contribution in [0.1, 0.15) is 59.3 Å². The molecule has 0 aliphatic carbocycles. The summed E-state index contributed by atoms with van der Waals surface area (Å²) in [6, 6.07) is 0. The van der Waals surface area contributed by atoms with Crippen LogP contribution in [0.2, 0.25) is 0 Å². The molecule has 12 heavy (non-hydrogen) atoms. The first-order valence-electron chi connectivity index (χ1n) is 5.23. The minimum atomic E-state index is 0.836. The average Bonchev–Trinajstić information content (AvgIpc) is 2.02. The van der Waals surface area contributed by atoms with Gasteiger partial charge in [-0.3, -0.25) is 0 Å². The van der Waals surface area contributed by atoms with Crippen LogP contribution in [0, 0.1) is 17.8 Å². The van der Waals surface area contributed by atoms with Gasteiger partial charge >= 0.3 is 0 Å². The first-order valence-corrected chi connectivity index (χ1v) is 5.23. The number of hydrogen-bond donors (Lipinski definition) is 0. The fraction of sp³-hybridized carbons (Fsp3) is 0.833. The number of hydrogen-bond acceptors (Lipinski definition) is 0. The Morgan fingerprint density at radius 1 is 1.00 bits per heavy atom. The molecule has 0 aromatic rings. The Morgan fingerprint density at radius 2 is 1.58 bits per heavy atom. The van der Waals surface area contributed by atoms with Crippen molar-refractivity contribution in [3.63, 3.8) is 0 Å². The summed E-state index contributed by atoms with van der Waals surface area (Å²) < 4.78 is 0. The predicted octanol–water partition coefficient (Wildman–Crippen LogP) is 4.01. The third-order valence-electron chi connectivity index (χ3n) is 1.86. The minimum Gasteiger partial charge on any atom is -0.103 e. The smallest absolute Gasteiger partial charge is 0.00887 e. The van der Waals surface area contributed by atoms with Crippen molar-refractivity contribution in [2.45, 2.75) is 59.3 Å². The minimum absolute atomic E-state index is 0.836. The van der Waals surface area contributed by atoms with Crippen molar-refractivity contribution in [2.24, 2.45) is 5.92 Å². The molecule has 70 valence electrons. The number of rotatable bonds is 5. The Bertz CT molecular complexity index is 134. The van der Waals surface area contributed by atoms with Crippen molar-refractivity contribution in [1.82, 2.24) is 0 Å². The van der Waals surface area contributed by atoms with Crippen molar-refractivity contribution in [3.8, 4) is 11.8 Å². The van der Waals surface area contributed by atoms with Gasteiger partial charge in [-0.1, -0.05) is 33.6 Å². The van der Waals surface area contributed by atoms with E-state index in [-0.39, 0.29) is 0 Å². The van der Waals surface area contributed by atoms with Crippen LogP contribution in [0.25, 0.3) is 0 Å². The molecule has 0 atom stereocenters. The predicted molar refractivity (Wildman–Crippen MR) is 56.0 cm³/mol. The molecule has 0 heteroatoms. The van der Waals surface area contributed by atoms with Crippen LogP contribution < -0.4 is 0 Å². The van der Waals surface area contributed by atoms with E-state index in [0.29, 0.717) is 0 Å². The average molecular weight is 166 g/mol. The van der Waals surface area contributed by atoms with Gasteiger partial charge in [-0.25, -0.2) is 0 Å². The maximum atomic E-state index is 3.23. The van der Waals surface area contributed by atoms with E-state index in [1.165, 1.54) is 25.7 Å². The molecule has 0 amide bonds. The Morgan fingerprint density at radius 3 is 2.08 bits per heavy atom. The number of unbranched alkanes of at least 4 members (excludes halogenated alkanes) is 3. The van der Waals surface area contributed by atoms with E-state index in [1.807, 2.05) is 0 Å². The van der Waals surface area contributed by atoms with Gasteiger partial charge in [0, 0.05) is 12.8 Å². The standard InChI is InChI=1S/C12H22/c1-4-5-6-7-8-9-10-11-12(2)3/h12H,4-6,9-11H2,1-3H3. The van der Waals surface area contributed by atoms with Crippen molar-refractivity contribution in [3.05, 3.63) is 0 Å². The molecule has 0 saturated heterocycles. The second kappa shape index (κ2) is 8.65. The van der Waals surface area contributed by atoms with Crippen LogP contribution in [0.15, 0.2) is 0 Å². The summed E-state index contributed by atoms with van der Waals surface area (Å²) in [7, 11) is 0. The summed E-state index contributed by atoms with van der Waals surface area (Å²) >= 11 is 0. The summed E-state index contributed by atoms with van der Waals surface area (Å²) in [5, 5.41) is 0. The summed E-state index contributed by atoms with van der Waals surface area (Å²) in [6.45, 7) is 6.75. The van der Waals surface area contributed by atoms with Crippen LogP contribution in [-0.2, 0) is 0 Å². The molecule has 0 nitrogen and oxygen atoms in total. The third kappa shape index (κ3) is 9.56. The summed E-state index contributed by atoms with van der Waals surface area (Å²) in [4.78, 5) is 0. The highest BCUT2D eigenvalue weighted by Gasteiger charge is 1.90. The second-order valence-electron chi connectivity index (χ2n) is 3.74. The van der Waals surface area contributed by atoms with Crippen molar-refractivity contribution >= 4 is 0 Å². The van der Waals surface area contributed by atoms with Gasteiger partial charge in [0.2, 0.25) is 0 Å². The first kappa shape index (κ1) is 11.6. The van der Waals surface area contributed by atoms with Crippen LogP contribution in [-0.4, -0.2) is 0 Å². The highest BCUT2D eigenvalue weighted by Crippen LogP contribution is 2.05. The van der Waals surface area contributed by atoms with Crippen molar-refractivity contribution in [1.29, 1.82) is 0 Å². The Kier molecular flexibility index (Phi) is 8.34. The molecule has 0 aliphatic heterocycles. The van der Waals surface area contributed by atoms with Crippen molar-refractivity contribution in [2.75, 3.05) is 0 Å². The van der Waals surface area contributed by atoms with E-state index < -0.39 is 0 Å². The van der Waals surface area contributed by atoms with E-state index >= 15 is 0 Å². The quantitative estimate of drug-likeness (QED) is 0.427. The molecule has 0 aromatic heterocycles. The lowest BCUT2D eigenvalue weighted by Gasteiger charge is -1.99. The molecule has 0 fully saturated rings. The zero-order valence-corrected chi connectivity index (χ0v) is 8.82. The summed E-state index contributed by atoms with van der Waals surface area (Å²) in [5.74, 6) is 7.27. The SMILES string of the molecule is CCCCC#CCCCC(C)C. The van der Waals surface area contributed by atoms with E-state index in [0.717, 1.165) is 18.8 Å². The van der Waals surface area contributed by atoms with E-state index in [1.54, 1.807) is 0 Å². The van der Waals surface area contributed by atoms with Gasteiger partial charge in [0.1, 0.15) is 0 Å². The lowest BCUT2D eigenvalue weighted by atomic mass is 10.1. The maximum absolute atomic E-state index is 3.23. The zero-order valence-electron chi connectivity index (χ0n) is 8.82. The summed E-state index contributed by atoms with van der Waals surface area (Å²) in [5.41, 5.74) is 0. The topological polar surface area (TPSA) is 0 Å². The molecule has 0 bridgehead atoms. The molecule has 0 saturated carbocycles. The third-order valence-corrected chi connectivity index (χ3v) is 1.86. The van der Waals surface area contributed by atoms with Gasteiger partial charge in [0.05, 0.1) is 0 Å². The van der Waals surface area contributed by atoms with Gasteiger partial charge in [-0.05, 0) is 18.8 Å².